The van der Waals surface area contributed by atoms with E-state index in [9.17, 15) is 0 Å². The van der Waals surface area contributed by atoms with Crippen LogP contribution in [0.5, 0.6) is 0 Å². The monoisotopic (exact) mass is 260 g/mol. The minimum Gasteiger partial charge on any atom is -0.389 e. The highest BCUT2D eigenvalue weighted by molar-refractivity contribution is 7.80. The summed E-state index contributed by atoms with van der Waals surface area (Å²) in [5.41, 5.74) is 7.96. The van der Waals surface area contributed by atoms with Gasteiger partial charge in [-0.1, -0.05) is 44.6 Å². The highest BCUT2D eigenvalue weighted by atomic mass is 32.1. The van der Waals surface area contributed by atoms with Crippen LogP contribution in [0, 0.1) is 5.92 Å². The zero-order valence-electron chi connectivity index (χ0n) is 11.0. The molecule has 0 spiro atoms. The van der Waals surface area contributed by atoms with Gasteiger partial charge in [-0.25, -0.2) is 0 Å². The summed E-state index contributed by atoms with van der Waals surface area (Å²) in [5, 5.41) is 1.16. The zero-order chi connectivity index (χ0) is 13.1. The Morgan fingerprint density at radius 3 is 2.83 bits per heavy atom. The summed E-state index contributed by atoms with van der Waals surface area (Å²) in [5.74, 6) is 0.694. The van der Waals surface area contributed by atoms with Gasteiger partial charge in [0.15, 0.2) is 0 Å². The lowest BCUT2D eigenvalue weighted by Crippen LogP contribution is -2.10. The Balaban J connectivity index is 2.37. The second kappa shape index (κ2) is 5.53. The summed E-state index contributed by atoms with van der Waals surface area (Å²) in [7, 11) is 0. The van der Waals surface area contributed by atoms with Crippen molar-refractivity contribution in [2.24, 2.45) is 11.7 Å². The number of nitrogens with two attached hydrogens (primary N) is 1. The van der Waals surface area contributed by atoms with Gasteiger partial charge in [0.1, 0.15) is 4.99 Å². The maximum Gasteiger partial charge on any atom is 0.104 e. The molecular formula is C15H20N2S. The molecular weight excluding hydrogens is 240 g/mol. The highest BCUT2D eigenvalue weighted by Crippen LogP contribution is 2.22. The van der Waals surface area contributed by atoms with E-state index < -0.39 is 0 Å². The van der Waals surface area contributed by atoms with Crippen LogP contribution in [0.2, 0.25) is 0 Å². The maximum absolute atomic E-state index is 5.76. The molecule has 18 heavy (non-hydrogen) atoms. The van der Waals surface area contributed by atoms with E-state index in [2.05, 4.69) is 36.7 Å². The van der Waals surface area contributed by atoms with Crippen molar-refractivity contribution in [3.63, 3.8) is 0 Å². The predicted octanol–water partition coefficient (Wildman–Crippen LogP) is 3.71. The van der Waals surface area contributed by atoms with Crippen LogP contribution in [0.25, 0.3) is 10.9 Å². The number of hydrogen-bond acceptors (Lipinski definition) is 1. The molecule has 2 aromatic rings. The highest BCUT2D eigenvalue weighted by Gasteiger charge is 2.09. The molecule has 1 heterocycles. The van der Waals surface area contributed by atoms with Crippen LogP contribution in [0.15, 0.2) is 30.5 Å². The number of rotatable bonds is 5. The third kappa shape index (κ3) is 2.56. The lowest BCUT2D eigenvalue weighted by atomic mass is 10.1. The minimum absolute atomic E-state index is 0.472. The van der Waals surface area contributed by atoms with E-state index in [0.29, 0.717) is 10.9 Å². The third-order valence-electron chi connectivity index (χ3n) is 3.37. The van der Waals surface area contributed by atoms with E-state index in [1.807, 2.05) is 12.1 Å². The van der Waals surface area contributed by atoms with Crippen LogP contribution >= 0.6 is 12.2 Å². The van der Waals surface area contributed by atoms with Gasteiger partial charge < -0.3 is 10.3 Å². The Labute approximate surface area is 114 Å². The van der Waals surface area contributed by atoms with Gasteiger partial charge in [0.2, 0.25) is 0 Å². The van der Waals surface area contributed by atoms with Crippen LogP contribution in [-0.2, 0) is 6.54 Å². The Hall–Kier alpha value is -1.35. The third-order valence-corrected chi connectivity index (χ3v) is 3.59. The largest absolute Gasteiger partial charge is 0.389 e. The molecule has 0 saturated heterocycles. The van der Waals surface area contributed by atoms with Crippen LogP contribution in [0.4, 0.5) is 0 Å². The second-order valence-corrected chi connectivity index (χ2v) is 5.40. The van der Waals surface area contributed by atoms with Crippen LogP contribution in [-0.4, -0.2) is 9.56 Å². The van der Waals surface area contributed by atoms with Crippen molar-refractivity contribution in [2.45, 2.75) is 33.2 Å². The first-order valence-corrected chi connectivity index (χ1v) is 6.92. The van der Waals surface area contributed by atoms with E-state index >= 15 is 0 Å². The SMILES string of the molecule is CCCC(C)Cn1ccc2c(C(N)=S)cccc21. The van der Waals surface area contributed by atoms with Crippen LogP contribution < -0.4 is 5.73 Å². The number of fused-ring (bicyclic) bond motifs is 1. The van der Waals surface area contributed by atoms with Crippen molar-refractivity contribution in [3.8, 4) is 0 Å². The van der Waals surface area contributed by atoms with Gasteiger partial charge >= 0.3 is 0 Å². The summed E-state index contributed by atoms with van der Waals surface area (Å²) in [6.07, 6.45) is 4.63. The maximum atomic E-state index is 5.76. The lowest BCUT2D eigenvalue weighted by Gasteiger charge is -2.12. The van der Waals surface area contributed by atoms with Crippen molar-refractivity contribution in [1.29, 1.82) is 0 Å². The molecule has 0 radical (unpaired) electrons. The van der Waals surface area contributed by atoms with Crippen molar-refractivity contribution in [1.82, 2.24) is 4.57 Å². The van der Waals surface area contributed by atoms with E-state index in [4.69, 9.17) is 18.0 Å². The molecule has 2 nitrogen and oxygen atoms in total. The van der Waals surface area contributed by atoms with Crippen LogP contribution in [0.1, 0.15) is 32.3 Å². The molecule has 0 fully saturated rings. The van der Waals surface area contributed by atoms with E-state index in [1.165, 1.54) is 18.4 Å². The average Bonchev–Trinajstić information content (AvgIpc) is 2.72. The fourth-order valence-electron chi connectivity index (χ4n) is 2.52. The first-order valence-electron chi connectivity index (χ1n) is 6.51. The van der Waals surface area contributed by atoms with Gasteiger partial charge in [-0.2, -0.15) is 0 Å². The molecule has 1 atom stereocenters. The molecule has 0 bridgehead atoms. The Kier molecular flexibility index (Phi) is 4.02. The lowest BCUT2D eigenvalue weighted by molar-refractivity contribution is 0.453. The Morgan fingerprint density at radius 1 is 1.39 bits per heavy atom. The van der Waals surface area contributed by atoms with Crippen molar-refractivity contribution in [3.05, 3.63) is 36.0 Å². The molecule has 0 aliphatic heterocycles. The van der Waals surface area contributed by atoms with E-state index in [0.717, 1.165) is 17.5 Å². The normalized spacial score (nSPS) is 12.8. The molecule has 0 aliphatic rings. The quantitative estimate of drug-likeness (QED) is 0.831. The average molecular weight is 260 g/mol. The number of aromatic nitrogens is 1. The Bertz CT molecular complexity index is 557. The molecule has 2 rings (SSSR count). The van der Waals surface area contributed by atoms with Crippen molar-refractivity contribution >= 4 is 28.1 Å². The van der Waals surface area contributed by atoms with Gasteiger partial charge in [-0.3, -0.25) is 0 Å². The molecule has 3 heteroatoms. The molecule has 1 aromatic heterocycles. The van der Waals surface area contributed by atoms with Gasteiger partial charge in [-0.15, -0.1) is 0 Å². The first-order chi connectivity index (χ1) is 8.63. The van der Waals surface area contributed by atoms with E-state index in [1.54, 1.807) is 0 Å². The summed E-state index contributed by atoms with van der Waals surface area (Å²) in [4.78, 5) is 0.472. The molecule has 1 unspecified atom stereocenters. The topological polar surface area (TPSA) is 30.9 Å². The summed E-state index contributed by atoms with van der Waals surface area (Å²) < 4.78 is 2.30. The van der Waals surface area contributed by atoms with Gasteiger partial charge in [0.05, 0.1) is 0 Å². The van der Waals surface area contributed by atoms with E-state index in [-0.39, 0.29) is 0 Å². The zero-order valence-corrected chi connectivity index (χ0v) is 11.8. The first kappa shape index (κ1) is 13.1. The smallest absolute Gasteiger partial charge is 0.104 e. The summed E-state index contributed by atoms with van der Waals surface area (Å²) in [6.45, 7) is 5.58. The van der Waals surface area contributed by atoms with Crippen molar-refractivity contribution < 1.29 is 0 Å². The molecule has 2 N–H and O–H groups in total. The summed E-state index contributed by atoms with van der Waals surface area (Å²) >= 11 is 5.10. The number of benzene rings is 1. The molecule has 0 saturated carbocycles. The van der Waals surface area contributed by atoms with Crippen LogP contribution in [0.3, 0.4) is 0 Å². The number of nitrogens with zero attached hydrogens (tertiary/aromatic N) is 1. The molecule has 0 amide bonds. The van der Waals surface area contributed by atoms with Crippen molar-refractivity contribution in [2.75, 3.05) is 0 Å². The Morgan fingerprint density at radius 2 is 2.17 bits per heavy atom. The minimum atomic E-state index is 0.472. The fraction of sp³-hybridized carbons (Fsp3) is 0.400. The van der Waals surface area contributed by atoms with Gasteiger partial charge in [-0.05, 0) is 24.5 Å². The van der Waals surface area contributed by atoms with Gasteiger partial charge in [0.25, 0.3) is 0 Å². The van der Waals surface area contributed by atoms with Gasteiger partial charge in [0, 0.05) is 29.2 Å². The number of hydrogen-bond donors (Lipinski definition) is 1. The number of thiocarbonyl (C=S) groups is 1. The molecule has 0 aliphatic carbocycles. The second-order valence-electron chi connectivity index (χ2n) is 4.96. The summed E-state index contributed by atoms with van der Waals surface area (Å²) in [6, 6.07) is 8.26. The molecule has 1 aromatic carbocycles. The standard InChI is InChI=1S/C15H20N2S/c1-3-5-11(2)10-17-9-8-12-13(15(16)18)6-4-7-14(12)17/h4,6-9,11H,3,5,10H2,1-2H3,(H2,16,18). The predicted molar refractivity (Wildman–Crippen MR) is 81.9 cm³/mol. The molecule has 96 valence electrons. The fourth-order valence-corrected chi connectivity index (χ4v) is 2.70.